The molecule has 1 unspecified atom stereocenters. The van der Waals surface area contributed by atoms with Gasteiger partial charge in [-0.25, -0.2) is 0 Å². The second-order valence-electron chi connectivity index (χ2n) is 7.78. The van der Waals surface area contributed by atoms with Gasteiger partial charge < -0.3 is 23.7 Å². The summed E-state index contributed by atoms with van der Waals surface area (Å²) in [4.78, 5) is 0. The van der Waals surface area contributed by atoms with Crippen molar-refractivity contribution in [1.29, 1.82) is 0 Å². The summed E-state index contributed by atoms with van der Waals surface area (Å²) in [6, 6.07) is 11.7. The van der Waals surface area contributed by atoms with Gasteiger partial charge in [0, 0.05) is 23.6 Å². The van der Waals surface area contributed by atoms with Crippen LogP contribution < -0.4 is 18.9 Å². The molecule has 34 heavy (non-hydrogen) atoms. The molecule has 2 aromatic carbocycles. The van der Waals surface area contributed by atoms with Crippen molar-refractivity contribution in [2.24, 2.45) is 0 Å². The number of aromatic nitrogens is 3. The quantitative estimate of drug-likeness (QED) is 0.371. The van der Waals surface area contributed by atoms with Crippen molar-refractivity contribution in [1.82, 2.24) is 14.8 Å². The van der Waals surface area contributed by atoms with E-state index in [9.17, 15) is 0 Å². The first-order chi connectivity index (χ1) is 16.7. The maximum Gasteiger partial charge on any atom is 0.203 e. The zero-order chi connectivity index (χ0) is 23.9. The number of hydrogen-bond acceptors (Lipinski definition) is 8. The largest absolute Gasteiger partial charge is 0.494 e. The number of methoxy groups -OCH3 is 3. The fourth-order valence-electron chi connectivity index (χ4n) is 3.96. The summed E-state index contributed by atoms with van der Waals surface area (Å²) in [7, 11) is 4.79. The van der Waals surface area contributed by atoms with E-state index in [2.05, 4.69) is 10.2 Å². The SMILES string of the molecule is CCOc1ccc(-n2c(SCC3CCCCO3)nnc2-c2cc(OC)c(OC)c(OC)c2)cc1. The maximum absolute atomic E-state index is 5.92. The van der Waals surface area contributed by atoms with Crippen LogP contribution in [0.25, 0.3) is 17.1 Å². The van der Waals surface area contributed by atoms with E-state index in [0.717, 1.165) is 47.4 Å². The molecule has 0 aliphatic carbocycles. The van der Waals surface area contributed by atoms with E-state index in [1.54, 1.807) is 33.1 Å². The van der Waals surface area contributed by atoms with Gasteiger partial charge in [0.25, 0.3) is 0 Å². The van der Waals surface area contributed by atoms with Crippen LogP contribution in [0.3, 0.4) is 0 Å². The van der Waals surface area contributed by atoms with E-state index in [4.69, 9.17) is 23.7 Å². The minimum absolute atomic E-state index is 0.230. The Labute approximate surface area is 204 Å². The average Bonchev–Trinajstić information content (AvgIpc) is 3.31. The Kier molecular flexibility index (Phi) is 8.18. The van der Waals surface area contributed by atoms with Gasteiger partial charge in [0.05, 0.1) is 34.0 Å². The Balaban J connectivity index is 1.75. The van der Waals surface area contributed by atoms with Crippen LogP contribution in [-0.4, -0.2) is 61.2 Å². The molecule has 3 aromatic rings. The highest BCUT2D eigenvalue weighted by Gasteiger charge is 2.22. The Bertz CT molecular complexity index is 1060. The zero-order valence-corrected chi connectivity index (χ0v) is 20.9. The highest BCUT2D eigenvalue weighted by molar-refractivity contribution is 7.99. The highest BCUT2D eigenvalue weighted by atomic mass is 32.2. The third-order valence-corrected chi connectivity index (χ3v) is 6.70. The van der Waals surface area contributed by atoms with Crippen molar-refractivity contribution in [3.8, 4) is 40.1 Å². The molecule has 9 heteroatoms. The lowest BCUT2D eigenvalue weighted by atomic mass is 10.1. The summed E-state index contributed by atoms with van der Waals surface area (Å²) in [6.07, 6.45) is 3.64. The number of ether oxygens (including phenoxy) is 5. The minimum Gasteiger partial charge on any atom is -0.494 e. The van der Waals surface area contributed by atoms with E-state index in [1.807, 2.05) is 47.9 Å². The van der Waals surface area contributed by atoms with Crippen molar-refractivity contribution in [3.63, 3.8) is 0 Å². The second kappa shape index (κ2) is 11.5. The van der Waals surface area contributed by atoms with Gasteiger partial charge in [-0.05, 0) is 62.6 Å². The zero-order valence-electron chi connectivity index (χ0n) is 20.1. The van der Waals surface area contributed by atoms with Gasteiger partial charge in [-0.15, -0.1) is 10.2 Å². The van der Waals surface area contributed by atoms with Crippen LogP contribution in [0.2, 0.25) is 0 Å². The summed E-state index contributed by atoms with van der Waals surface area (Å²) >= 11 is 1.65. The maximum atomic E-state index is 5.92. The van der Waals surface area contributed by atoms with Crippen LogP contribution in [-0.2, 0) is 4.74 Å². The van der Waals surface area contributed by atoms with Crippen molar-refractivity contribution < 1.29 is 23.7 Å². The fourth-order valence-corrected chi connectivity index (χ4v) is 4.98. The molecule has 0 saturated carbocycles. The van der Waals surface area contributed by atoms with Crippen LogP contribution in [0.4, 0.5) is 0 Å². The highest BCUT2D eigenvalue weighted by Crippen LogP contribution is 2.42. The van der Waals surface area contributed by atoms with Gasteiger partial charge in [-0.1, -0.05) is 11.8 Å². The summed E-state index contributed by atoms with van der Waals surface area (Å²) in [6.45, 7) is 3.41. The first-order valence-electron chi connectivity index (χ1n) is 11.4. The molecular weight excluding hydrogens is 454 g/mol. The van der Waals surface area contributed by atoms with Crippen molar-refractivity contribution >= 4 is 11.8 Å². The lowest BCUT2D eigenvalue weighted by Crippen LogP contribution is -2.21. The van der Waals surface area contributed by atoms with Crippen LogP contribution in [0.5, 0.6) is 23.0 Å². The summed E-state index contributed by atoms with van der Waals surface area (Å²) in [5.74, 6) is 3.97. The normalized spacial score (nSPS) is 15.7. The van der Waals surface area contributed by atoms with Crippen molar-refractivity contribution in [3.05, 3.63) is 36.4 Å². The van der Waals surface area contributed by atoms with E-state index >= 15 is 0 Å². The average molecular weight is 486 g/mol. The van der Waals surface area contributed by atoms with E-state index in [-0.39, 0.29) is 6.10 Å². The predicted octanol–water partition coefficient (Wildman–Crippen LogP) is 5.02. The van der Waals surface area contributed by atoms with E-state index in [0.29, 0.717) is 29.7 Å². The Morgan fingerprint density at radius 3 is 2.32 bits per heavy atom. The number of hydrogen-bond donors (Lipinski definition) is 0. The van der Waals surface area contributed by atoms with Crippen molar-refractivity contribution in [2.45, 2.75) is 37.4 Å². The molecule has 0 bridgehead atoms. The molecule has 0 radical (unpaired) electrons. The molecule has 1 saturated heterocycles. The van der Waals surface area contributed by atoms with Gasteiger partial charge in [0.1, 0.15) is 5.75 Å². The summed E-state index contributed by atoms with van der Waals surface area (Å²) in [5, 5.41) is 9.90. The number of benzene rings is 2. The van der Waals surface area contributed by atoms with Gasteiger partial charge in [0.2, 0.25) is 5.75 Å². The molecule has 2 heterocycles. The lowest BCUT2D eigenvalue weighted by Gasteiger charge is -2.22. The standard InChI is InChI=1S/C25H31N3O5S/c1-5-32-19-11-9-18(10-12-19)28-24(17-14-21(29-2)23(31-4)22(15-17)30-3)26-27-25(28)34-16-20-8-6-7-13-33-20/h9-12,14-15,20H,5-8,13,16H2,1-4H3. The third kappa shape index (κ3) is 5.26. The molecular formula is C25H31N3O5S. The van der Waals surface area contributed by atoms with Gasteiger partial charge in [0.15, 0.2) is 22.5 Å². The lowest BCUT2D eigenvalue weighted by molar-refractivity contribution is 0.0315. The van der Waals surface area contributed by atoms with Gasteiger partial charge >= 0.3 is 0 Å². The monoisotopic (exact) mass is 485 g/mol. The van der Waals surface area contributed by atoms with Crippen LogP contribution in [0.1, 0.15) is 26.2 Å². The minimum atomic E-state index is 0.230. The predicted molar refractivity (Wildman–Crippen MR) is 132 cm³/mol. The topological polar surface area (TPSA) is 76.9 Å². The molecule has 1 atom stereocenters. The number of thioether (sulfide) groups is 1. The molecule has 1 aromatic heterocycles. The molecule has 4 rings (SSSR count). The molecule has 1 aliphatic heterocycles. The number of nitrogens with zero attached hydrogens (tertiary/aromatic N) is 3. The molecule has 0 N–H and O–H groups in total. The fraction of sp³-hybridized carbons (Fsp3) is 0.440. The molecule has 182 valence electrons. The molecule has 0 amide bonds. The third-order valence-electron chi connectivity index (χ3n) is 5.63. The van der Waals surface area contributed by atoms with Gasteiger partial charge in [-0.2, -0.15) is 0 Å². The van der Waals surface area contributed by atoms with Crippen LogP contribution in [0.15, 0.2) is 41.6 Å². The van der Waals surface area contributed by atoms with Crippen LogP contribution in [0, 0.1) is 0 Å². The molecule has 0 spiro atoms. The Morgan fingerprint density at radius 2 is 1.74 bits per heavy atom. The molecule has 1 aliphatic rings. The van der Waals surface area contributed by atoms with E-state index in [1.165, 1.54) is 6.42 Å². The van der Waals surface area contributed by atoms with E-state index < -0.39 is 0 Å². The first-order valence-corrected chi connectivity index (χ1v) is 12.4. The second-order valence-corrected chi connectivity index (χ2v) is 8.77. The van der Waals surface area contributed by atoms with Crippen molar-refractivity contribution in [2.75, 3.05) is 40.3 Å². The van der Waals surface area contributed by atoms with Gasteiger partial charge in [-0.3, -0.25) is 4.57 Å². The Morgan fingerprint density at radius 1 is 1.00 bits per heavy atom. The smallest absolute Gasteiger partial charge is 0.203 e. The first kappa shape index (κ1) is 24.2. The summed E-state index contributed by atoms with van der Waals surface area (Å²) in [5.41, 5.74) is 1.74. The molecule has 1 fully saturated rings. The summed E-state index contributed by atoms with van der Waals surface area (Å²) < 4.78 is 30.2. The number of rotatable bonds is 10. The van der Waals surface area contributed by atoms with Crippen LogP contribution >= 0.6 is 11.8 Å². The Hall–Kier alpha value is -2.91. The molecule has 8 nitrogen and oxygen atoms in total.